The summed E-state index contributed by atoms with van der Waals surface area (Å²) in [4.78, 5) is 17.8. The first-order chi connectivity index (χ1) is 13.6. The SMILES string of the molecule is COc1cccc(C(=O)NCC2(N3CCN(C)CC3)Cc3ccccc3C2)c1. The Bertz CT molecular complexity index is 818. The average molecular weight is 380 g/mol. The van der Waals surface area contributed by atoms with Gasteiger partial charge in [-0.05, 0) is 49.2 Å². The molecule has 0 spiro atoms. The minimum absolute atomic E-state index is 0.0386. The molecule has 1 saturated heterocycles. The molecule has 1 fully saturated rings. The summed E-state index contributed by atoms with van der Waals surface area (Å²) < 4.78 is 5.26. The highest BCUT2D eigenvalue weighted by Crippen LogP contribution is 2.35. The molecule has 5 heteroatoms. The molecule has 4 rings (SSSR count). The summed E-state index contributed by atoms with van der Waals surface area (Å²) in [6, 6.07) is 16.0. The smallest absolute Gasteiger partial charge is 0.251 e. The fourth-order valence-electron chi connectivity index (χ4n) is 4.53. The van der Waals surface area contributed by atoms with E-state index in [2.05, 4.69) is 46.4 Å². The Morgan fingerprint density at radius 2 is 1.71 bits per heavy atom. The van der Waals surface area contributed by atoms with Crippen LogP contribution in [-0.4, -0.2) is 68.1 Å². The van der Waals surface area contributed by atoms with E-state index in [0.29, 0.717) is 17.9 Å². The van der Waals surface area contributed by atoms with E-state index < -0.39 is 0 Å². The zero-order chi connectivity index (χ0) is 19.6. The van der Waals surface area contributed by atoms with Gasteiger partial charge in [0.1, 0.15) is 5.75 Å². The van der Waals surface area contributed by atoms with Crippen LogP contribution in [0.2, 0.25) is 0 Å². The maximum atomic E-state index is 12.8. The van der Waals surface area contributed by atoms with Crippen molar-refractivity contribution in [1.82, 2.24) is 15.1 Å². The van der Waals surface area contributed by atoms with Crippen LogP contribution in [0.15, 0.2) is 48.5 Å². The van der Waals surface area contributed by atoms with E-state index >= 15 is 0 Å². The first-order valence-electron chi connectivity index (χ1n) is 10.0. The van der Waals surface area contributed by atoms with Crippen molar-refractivity contribution in [3.8, 4) is 5.75 Å². The molecular weight excluding hydrogens is 350 g/mol. The van der Waals surface area contributed by atoms with Crippen molar-refractivity contribution in [2.75, 3.05) is 46.9 Å². The molecule has 2 aromatic carbocycles. The Kier molecular flexibility index (Phi) is 5.38. The van der Waals surface area contributed by atoms with Crippen LogP contribution in [0.3, 0.4) is 0 Å². The predicted octanol–water partition coefficient (Wildman–Crippen LogP) is 2.21. The number of carbonyl (C=O) groups is 1. The molecule has 0 saturated carbocycles. The second-order valence-corrected chi connectivity index (χ2v) is 8.05. The minimum atomic E-state index is -0.0422. The number of fused-ring (bicyclic) bond motifs is 1. The van der Waals surface area contributed by atoms with Crippen LogP contribution >= 0.6 is 0 Å². The molecule has 1 aliphatic carbocycles. The summed E-state index contributed by atoms with van der Waals surface area (Å²) >= 11 is 0. The molecule has 1 aliphatic heterocycles. The first-order valence-corrected chi connectivity index (χ1v) is 10.0. The van der Waals surface area contributed by atoms with Gasteiger partial charge in [-0.25, -0.2) is 0 Å². The van der Waals surface area contributed by atoms with Crippen LogP contribution in [0.1, 0.15) is 21.5 Å². The van der Waals surface area contributed by atoms with Crippen LogP contribution in [0.25, 0.3) is 0 Å². The van der Waals surface area contributed by atoms with E-state index in [4.69, 9.17) is 4.74 Å². The number of nitrogens with one attached hydrogen (secondary N) is 1. The normalized spacial score (nSPS) is 19.2. The van der Waals surface area contributed by atoms with E-state index in [1.54, 1.807) is 13.2 Å². The molecule has 2 aromatic rings. The van der Waals surface area contributed by atoms with Crippen molar-refractivity contribution in [2.45, 2.75) is 18.4 Å². The summed E-state index contributed by atoms with van der Waals surface area (Å²) in [5.74, 6) is 0.665. The van der Waals surface area contributed by atoms with Gasteiger partial charge in [-0.3, -0.25) is 9.69 Å². The Balaban J connectivity index is 1.52. The summed E-state index contributed by atoms with van der Waals surface area (Å²) in [5, 5.41) is 3.23. The number of methoxy groups -OCH3 is 1. The number of rotatable bonds is 5. The number of nitrogens with zero attached hydrogens (tertiary/aromatic N) is 2. The zero-order valence-electron chi connectivity index (χ0n) is 16.8. The van der Waals surface area contributed by atoms with Crippen LogP contribution in [0.5, 0.6) is 5.75 Å². The van der Waals surface area contributed by atoms with Gasteiger partial charge in [-0.1, -0.05) is 30.3 Å². The molecule has 0 bridgehead atoms. The van der Waals surface area contributed by atoms with Gasteiger partial charge in [0, 0.05) is 43.8 Å². The molecule has 148 valence electrons. The van der Waals surface area contributed by atoms with Gasteiger partial charge in [-0.15, -0.1) is 0 Å². The third-order valence-corrected chi connectivity index (χ3v) is 6.24. The first kappa shape index (κ1) is 19.0. The fraction of sp³-hybridized carbons (Fsp3) is 0.435. The Morgan fingerprint density at radius 3 is 2.36 bits per heavy atom. The molecular formula is C23H29N3O2. The second kappa shape index (κ2) is 7.94. The third kappa shape index (κ3) is 3.77. The molecule has 0 aromatic heterocycles. The van der Waals surface area contributed by atoms with E-state index in [1.165, 1.54) is 11.1 Å². The Hall–Kier alpha value is -2.37. The molecule has 0 atom stereocenters. The highest BCUT2D eigenvalue weighted by Gasteiger charge is 2.43. The highest BCUT2D eigenvalue weighted by atomic mass is 16.5. The van der Waals surface area contributed by atoms with Crippen LogP contribution in [0.4, 0.5) is 0 Å². The molecule has 1 heterocycles. The maximum Gasteiger partial charge on any atom is 0.251 e. The van der Waals surface area contributed by atoms with Crippen LogP contribution in [0, 0.1) is 0 Å². The number of carbonyl (C=O) groups excluding carboxylic acids is 1. The predicted molar refractivity (Wildman–Crippen MR) is 111 cm³/mol. The van der Waals surface area contributed by atoms with Gasteiger partial charge in [0.15, 0.2) is 0 Å². The fourth-order valence-corrected chi connectivity index (χ4v) is 4.53. The van der Waals surface area contributed by atoms with E-state index in [9.17, 15) is 4.79 Å². The van der Waals surface area contributed by atoms with Gasteiger partial charge in [0.05, 0.1) is 7.11 Å². The van der Waals surface area contributed by atoms with Gasteiger partial charge < -0.3 is 15.0 Å². The van der Waals surface area contributed by atoms with Gasteiger partial charge in [0.2, 0.25) is 0 Å². The monoisotopic (exact) mass is 379 g/mol. The second-order valence-electron chi connectivity index (χ2n) is 8.05. The van der Waals surface area contributed by atoms with Crippen molar-refractivity contribution >= 4 is 5.91 Å². The number of amides is 1. The standard InChI is InChI=1S/C23H29N3O2/c1-25-10-12-26(13-11-25)23(15-19-6-3-4-7-20(19)16-23)17-24-22(27)18-8-5-9-21(14-18)28-2/h3-9,14H,10-13,15-17H2,1-2H3,(H,24,27). The molecule has 0 unspecified atom stereocenters. The quantitative estimate of drug-likeness (QED) is 0.865. The molecule has 0 radical (unpaired) electrons. The number of hydrogen-bond acceptors (Lipinski definition) is 4. The van der Waals surface area contributed by atoms with E-state index in [0.717, 1.165) is 39.0 Å². The molecule has 1 N–H and O–H groups in total. The Labute approximate surface area is 167 Å². The lowest BCUT2D eigenvalue weighted by Crippen LogP contribution is -2.61. The van der Waals surface area contributed by atoms with Crippen LogP contribution in [-0.2, 0) is 12.8 Å². The summed E-state index contributed by atoms with van der Waals surface area (Å²) in [7, 11) is 3.80. The zero-order valence-corrected chi connectivity index (χ0v) is 16.8. The third-order valence-electron chi connectivity index (χ3n) is 6.24. The molecule has 2 aliphatic rings. The van der Waals surface area contributed by atoms with Gasteiger partial charge in [-0.2, -0.15) is 0 Å². The van der Waals surface area contributed by atoms with E-state index in [1.807, 2.05) is 18.2 Å². The molecule has 1 amide bonds. The lowest BCUT2D eigenvalue weighted by molar-refractivity contribution is 0.0435. The number of likely N-dealkylation sites (N-methyl/N-ethyl adjacent to an activating group) is 1. The van der Waals surface area contributed by atoms with Crippen molar-refractivity contribution in [2.24, 2.45) is 0 Å². The summed E-state index contributed by atoms with van der Waals surface area (Å²) in [6.45, 7) is 4.88. The van der Waals surface area contributed by atoms with Crippen LogP contribution < -0.4 is 10.1 Å². The van der Waals surface area contributed by atoms with Crippen molar-refractivity contribution in [1.29, 1.82) is 0 Å². The van der Waals surface area contributed by atoms with Crippen molar-refractivity contribution < 1.29 is 9.53 Å². The van der Waals surface area contributed by atoms with E-state index in [-0.39, 0.29) is 11.4 Å². The minimum Gasteiger partial charge on any atom is -0.497 e. The molecule has 28 heavy (non-hydrogen) atoms. The average Bonchev–Trinajstić information content (AvgIpc) is 3.12. The number of hydrogen-bond donors (Lipinski definition) is 1. The van der Waals surface area contributed by atoms with Crippen molar-refractivity contribution in [3.05, 3.63) is 65.2 Å². The van der Waals surface area contributed by atoms with Gasteiger partial charge >= 0.3 is 0 Å². The largest absolute Gasteiger partial charge is 0.497 e. The maximum absolute atomic E-state index is 12.8. The Morgan fingerprint density at radius 1 is 1.04 bits per heavy atom. The van der Waals surface area contributed by atoms with Crippen molar-refractivity contribution in [3.63, 3.8) is 0 Å². The molecule has 5 nitrogen and oxygen atoms in total. The lowest BCUT2D eigenvalue weighted by atomic mass is 9.91. The topological polar surface area (TPSA) is 44.8 Å². The summed E-state index contributed by atoms with van der Waals surface area (Å²) in [6.07, 6.45) is 1.98. The summed E-state index contributed by atoms with van der Waals surface area (Å²) in [5.41, 5.74) is 3.43. The lowest BCUT2D eigenvalue weighted by Gasteiger charge is -2.45. The number of benzene rings is 2. The number of piperazine rings is 1. The van der Waals surface area contributed by atoms with Gasteiger partial charge in [0.25, 0.3) is 5.91 Å². The number of ether oxygens (including phenoxy) is 1. The highest BCUT2D eigenvalue weighted by molar-refractivity contribution is 5.94.